The lowest BCUT2D eigenvalue weighted by molar-refractivity contribution is 0.242. The average Bonchev–Trinajstić information content (AvgIpc) is 2.78. The second-order valence-electron chi connectivity index (χ2n) is 4.21. The molecule has 0 aliphatic heterocycles. The molecule has 0 atom stereocenters. The molecule has 0 radical (unpaired) electrons. The molecule has 19 heavy (non-hydrogen) atoms. The summed E-state index contributed by atoms with van der Waals surface area (Å²) < 4.78 is 17.9. The van der Waals surface area contributed by atoms with E-state index in [9.17, 15) is 4.39 Å². The lowest BCUT2D eigenvalue weighted by atomic mass is 10.2. The van der Waals surface area contributed by atoms with Gasteiger partial charge in [0.15, 0.2) is 5.82 Å². The molecule has 2 rings (SSSR count). The van der Waals surface area contributed by atoms with Gasteiger partial charge in [0.2, 0.25) is 5.89 Å². The molecular formula is C14H14FN3O. The summed E-state index contributed by atoms with van der Waals surface area (Å²) in [7, 11) is 0. The quantitative estimate of drug-likeness (QED) is 0.772. The van der Waals surface area contributed by atoms with Gasteiger partial charge >= 0.3 is 0 Å². The number of hydrogen-bond donors (Lipinski definition) is 0. The molecule has 1 aromatic heterocycles. The Bertz CT molecular complexity index is 571. The fourth-order valence-corrected chi connectivity index (χ4v) is 1.74. The van der Waals surface area contributed by atoms with E-state index >= 15 is 0 Å². The van der Waals surface area contributed by atoms with Gasteiger partial charge in [-0.15, -0.1) is 6.42 Å². The maximum atomic E-state index is 12.8. The first kappa shape index (κ1) is 13.2. The highest BCUT2D eigenvalue weighted by atomic mass is 19.1. The van der Waals surface area contributed by atoms with Gasteiger partial charge < -0.3 is 4.52 Å². The van der Waals surface area contributed by atoms with E-state index < -0.39 is 0 Å². The lowest BCUT2D eigenvalue weighted by Crippen LogP contribution is -2.23. The maximum Gasteiger partial charge on any atom is 0.240 e. The van der Waals surface area contributed by atoms with E-state index in [4.69, 9.17) is 10.9 Å². The van der Waals surface area contributed by atoms with Crippen LogP contribution in [0.4, 0.5) is 4.39 Å². The minimum absolute atomic E-state index is 0.250. The van der Waals surface area contributed by atoms with Crippen LogP contribution in [0.2, 0.25) is 0 Å². The smallest absolute Gasteiger partial charge is 0.240 e. The minimum Gasteiger partial charge on any atom is -0.338 e. The summed E-state index contributed by atoms with van der Waals surface area (Å²) in [6, 6.07) is 6.33. The Labute approximate surface area is 111 Å². The number of aryl methyl sites for hydroxylation is 1. The molecule has 0 fully saturated rings. The molecule has 1 heterocycles. The van der Waals surface area contributed by atoms with Crippen LogP contribution in [0.5, 0.6) is 0 Å². The van der Waals surface area contributed by atoms with Gasteiger partial charge in [-0.05, 0) is 24.6 Å². The molecule has 0 aliphatic rings. The van der Waals surface area contributed by atoms with Crippen LogP contribution in [0.15, 0.2) is 28.8 Å². The molecule has 0 bridgehead atoms. The van der Waals surface area contributed by atoms with Crippen LogP contribution in [0.25, 0.3) is 0 Å². The molecule has 0 aliphatic carbocycles. The van der Waals surface area contributed by atoms with Crippen LogP contribution in [0, 0.1) is 25.1 Å². The van der Waals surface area contributed by atoms with Crippen LogP contribution in [0.3, 0.4) is 0 Å². The molecule has 0 amide bonds. The molecule has 4 nitrogen and oxygen atoms in total. The summed E-state index contributed by atoms with van der Waals surface area (Å²) in [4.78, 5) is 6.11. The number of terminal acetylenes is 1. The van der Waals surface area contributed by atoms with Crippen molar-refractivity contribution >= 4 is 0 Å². The van der Waals surface area contributed by atoms with Gasteiger partial charge in [-0.25, -0.2) is 4.39 Å². The Morgan fingerprint density at radius 3 is 2.63 bits per heavy atom. The van der Waals surface area contributed by atoms with Crippen molar-refractivity contribution in [1.29, 1.82) is 0 Å². The summed E-state index contributed by atoms with van der Waals surface area (Å²) in [5.41, 5.74) is 0.980. The van der Waals surface area contributed by atoms with E-state index in [1.807, 2.05) is 4.90 Å². The molecule has 0 unspecified atom stereocenters. The fourth-order valence-electron chi connectivity index (χ4n) is 1.74. The molecule has 2 aromatic rings. The Hall–Kier alpha value is -2.19. The van der Waals surface area contributed by atoms with Crippen molar-refractivity contribution in [2.75, 3.05) is 6.54 Å². The molecule has 0 saturated carbocycles. The number of halogens is 1. The summed E-state index contributed by atoms with van der Waals surface area (Å²) in [5.74, 6) is 3.46. The van der Waals surface area contributed by atoms with E-state index in [-0.39, 0.29) is 5.82 Å². The third-order valence-corrected chi connectivity index (χ3v) is 2.56. The zero-order valence-electron chi connectivity index (χ0n) is 10.6. The summed E-state index contributed by atoms with van der Waals surface area (Å²) in [6.45, 7) is 3.30. The highest BCUT2D eigenvalue weighted by Gasteiger charge is 2.10. The first-order chi connectivity index (χ1) is 9.17. The predicted molar refractivity (Wildman–Crippen MR) is 68.4 cm³/mol. The molecule has 5 heteroatoms. The lowest BCUT2D eigenvalue weighted by Gasteiger charge is -2.17. The fraction of sp³-hybridized carbons (Fsp3) is 0.286. The van der Waals surface area contributed by atoms with E-state index in [1.165, 1.54) is 12.1 Å². The third-order valence-electron chi connectivity index (χ3n) is 2.56. The van der Waals surface area contributed by atoms with Crippen LogP contribution in [-0.2, 0) is 13.1 Å². The van der Waals surface area contributed by atoms with Gasteiger partial charge in [-0.3, -0.25) is 4.90 Å². The van der Waals surface area contributed by atoms with E-state index in [0.29, 0.717) is 31.3 Å². The Morgan fingerprint density at radius 1 is 1.32 bits per heavy atom. The van der Waals surface area contributed by atoms with E-state index in [1.54, 1.807) is 19.1 Å². The molecule has 98 valence electrons. The zero-order chi connectivity index (χ0) is 13.7. The molecule has 0 spiro atoms. The zero-order valence-corrected chi connectivity index (χ0v) is 10.6. The van der Waals surface area contributed by atoms with Gasteiger partial charge in [0, 0.05) is 6.54 Å². The van der Waals surface area contributed by atoms with Crippen molar-refractivity contribution in [1.82, 2.24) is 15.0 Å². The topological polar surface area (TPSA) is 42.2 Å². The van der Waals surface area contributed by atoms with Crippen LogP contribution in [0.1, 0.15) is 17.3 Å². The number of nitrogens with zero attached hydrogens (tertiary/aromatic N) is 3. The van der Waals surface area contributed by atoms with Gasteiger partial charge in [0.1, 0.15) is 5.82 Å². The largest absolute Gasteiger partial charge is 0.338 e. The Kier molecular flexibility index (Phi) is 4.26. The van der Waals surface area contributed by atoms with Crippen molar-refractivity contribution in [2.24, 2.45) is 0 Å². The number of benzene rings is 1. The highest BCUT2D eigenvalue weighted by Crippen LogP contribution is 2.09. The first-order valence-electron chi connectivity index (χ1n) is 5.87. The Morgan fingerprint density at radius 2 is 2.05 bits per heavy atom. The minimum atomic E-state index is -0.250. The van der Waals surface area contributed by atoms with Crippen molar-refractivity contribution in [2.45, 2.75) is 20.0 Å². The monoisotopic (exact) mass is 259 g/mol. The summed E-state index contributed by atoms with van der Waals surface area (Å²) >= 11 is 0. The first-order valence-corrected chi connectivity index (χ1v) is 5.87. The maximum absolute atomic E-state index is 12.8. The van der Waals surface area contributed by atoms with Gasteiger partial charge in [-0.1, -0.05) is 23.2 Å². The highest BCUT2D eigenvalue weighted by molar-refractivity contribution is 5.16. The molecule has 0 N–H and O–H groups in total. The standard InChI is InChI=1S/C14H14FN3O/c1-3-8-18(10-14-16-11(2)17-19-14)9-12-4-6-13(15)7-5-12/h1,4-7H,8-10H2,2H3. The van der Waals surface area contributed by atoms with E-state index in [0.717, 1.165) is 5.56 Å². The molecule has 0 saturated heterocycles. The van der Waals surface area contributed by atoms with Gasteiger partial charge in [0.05, 0.1) is 13.1 Å². The SMILES string of the molecule is C#CCN(Cc1ccc(F)cc1)Cc1nc(C)no1. The van der Waals surface area contributed by atoms with Crippen molar-refractivity contribution in [3.8, 4) is 12.3 Å². The number of rotatable bonds is 5. The van der Waals surface area contributed by atoms with Crippen LogP contribution < -0.4 is 0 Å². The van der Waals surface area contributed by atoms with Crippen LogP contribution in [-0.4, -0.2) is 21.6 Å². The van der Waals surface area contributed by atoms with Gasteiger partial charge in [-0.2, -0.15) is 4.98 Å². The molecular weight excluding hydrogens is 245 g/mol. The summed E-state index contributed by atoms with van der Waals surface area (Å²) in [6.07, 6.45) is 5.35. The second kappa shape index (κ2) is 6.12. The van der Waals surface area contributed by atoms with Crippen molar-refractivity contribution in [3.05, 3.63) is 47.4 Å². The summed E-state index contributed by atoms with van der Waals surface area (Å²) in [5, 5.41) is 3.73. The van der Waals surface area contributed by atoms with Crippen LogP contribution >= 0.6 is 0 Å². The van der Waals surface area contributed by atoms with Crippen molar-refractivity contribution in [3.63, 3.8) is 0 Å². The van der Waals surface area contributed by atoms with Gasteiger partial charge in [0.25, 0.3) is 0 Å². The third kappa shape index (κ3) is 3.90. The molecule has 1 aromatic carbocycles. The second-order valence-corrected chi connectivity index (χ2v) is 4.21. The number of aromatic nitrogens is 2. The Balaban J connectivity index is 2.03. The van der Waals surface area contributed by atoms with Crippen molar-refractivity contribution < 1.29 is 8.91 Å². The van der Waals surface area contributed by atoms with E-state index in [2.05, 4.69) is 16.1 Å². The predicted octanol–water partition coefficient (Wildman–Crippen LogP) is 2.15. The normalized spacial score (nSPS) is 10.6. The average molecular weight is 259 g/mol. The number of hydrogen-bond acceptors (Lipinski definition) is 4.